The Hall–Kier alpha value is -4.18. The van der Waals surface area contributed by atoms with Crippen molar-refractivity contribution in [3.05, 3.63) is 87.7 Å². The van der Waals surface area contributed by atoms with Crippen molar-refractivity contribution in [2.45, 2.75) is 19.6 Å². The zero-order valence-electron chi connectivity index (χ0n) is 19.8. The summed E-state index contributed by atoms with van der Waals surface area (Å²) in [5, 5.41) is 17.3. The van der Waals surface area contributed by atoms with E-state index in [1.807, 2.05) is 25.1 Å². The number of hydrogen-bond donors (Lipinski definition) is 2. The van der Waals surface area contributed by atoms with E-state index in [-0.39, 0.29) is 17.3 Å². The fraction of sp³-hybridized carbons (Fsp3) is 0.280. The highest BCUT2D eigenvalue weighted by molar-refractivity contribution is 5.96. The SMILES string of the molecule is COCCNc1ccc(C(=O)NC(C)c2ccc(OCc3ccncc3)c(OC)c2)cc1[N+](=O)[O-]. The molecule has 0 saturated heterocycles. The van der Waals surface area contributed by atoms with Gasteiger partial charge in [0.2, 0.25) is 0 Å². The van der Waals surface area contributed by atoms with Gasteiger partial charge in [0.05, 0.1) is 24.7 Å². The number of nitro groups is 1. The summed E-state index contributed by atoms with van der Waals surface area (Å²) in [5.41, 5.74) is 2.09. The Balaban J connectivity index is 1.69. The maximum atomic E-state index is 12.8. The number of aromatic nitrogens is 1. The number of ether oxygens (including phenoxy) is 3. The van der Waals surface area contributed by atoms with Crippen molar-refractivity contribution in [1.29, 1.82) is 0 Å². The summed E-state index contributed by atoms with van der Waals surface area (Å²) in [5.74, 6) is 0.666. The standard InChI is InChI=1S/C25H28N4O6/c1-17(19-5-7-23(24(15-19)34-3)35-16-18-8-10-26-11-9-18)28-25(30)20-4-6-21(27-12-13-33-2)22(14-20)29(31)32/h4-11,14-15,17,27H,12-13,16H2,1-3H3,(H,28,30). The summed E-state index contributed by atoms with van der Waals surface area (Å²) < 4.78 is 16.3. The van der Waals surface area contributed by atoms with Gasteiger partial charge in [0, 0.05) is 37.7 Å². The first-order valence-corrected chi connectivity index (χ1v) is 10.9. The van der Waals surface area contributed by atoms with Crippen LogP contribution in [0.25, 0.3) is 0 Å². The molecule has 0 aliphatic heterocycles. The molecule has 0 bridgehead atoms. The summed E-state index contributed by atoms with van der Waals surface area (Å²) in [6, 6.07) is 13.1. The van der Waals surface area contributed by atoms with Gasteiger partial charge in [-0.1, -0.05) is 6.07 Å². The summed E-state index contributed by atoms with van der Waals surface area (Å²) in [6.45, 7) is 2.98. The van der Waals surface area contributed by atoms with Crippen LogP contribution in [0.4, 0.5) is 11.4 Å². The molecule has 0 saturated carbocycles. The van der Waals surface area contributed by atoms with E-state index in [1.165, 1.54) is 12.1 Å². The Kier molecular flexibility index (Phi) is 8.96. The van der Waals surface area contributed by atoms with E-state index < -0.39 is 10.8 Å². The second-order valence-corrected chi connectivity index (χ2v) is 7.66. The molecule has 2 N–H and O–H groups in total. The predicted octanol–water partition coefficient (Wildman–Crippen LogP) is 4.13. The van der Waals surface area contributed by atoms with Crippen LogP contribution in [-0.2, 0) is 11.3 Å². The Labute approximate surface area is 203 Å². The maximum Gasteiger partial charge on any atom is 0.293 e. The third-order valence-electron chi connectivity index (χ3n) is 5.26. The van der Waals surface area contributed by atoms with Gasteiger partial charge in [0.15, 0.2) is 11.5 Å². The zero-order valence-corrected chi connectivity index (χ0v) is 19.8. The van der Waals surface area contributed by atoms with Gasteiger partial charge in [-0.3, -0.25) is 19.9 Å². The van der Waals surface area contributed by atoms with Gasteiger partial charge in [-0.2, -0.15) is 0 Å². The average molecular weight is 481 g/mol. The van der Waals surface area contributed by atoms with Crippen LogP contribution in [0.3, 0.4) is 0 Å². The minimum atomic E-state index is -0.523. The van der Waals surface area contributed by atoms with E-state index in [1.54, 1.807) is 44.8 Å². The average Bonchev–Trinajstić information content (AvgIpc) is 2.88. The van der Waals surface area contributed by atoms with Gasteiger partial charge in [-0.15, -0.1) is 0 Å². The number of nitro benzene ring substituents is 1. The third-order valence-corrected chi connectivity index (χ3v) is 5.26. The quantitative estimate of drug-likeness (QED) is 0.225. The number of nitrogens with one attached hydrogen (secondary N) is 2. The topological polar surface area (TPSA) is 125 Å². The normalized spacial score (nSPS) is 11.4. The highest BCUT2D eigenvalue weighted by Gasteiger charge is 2.19. The van der Waals surface area contributed by atoms with Crippen LogP contribution in [0.15, 0.2) is 60.9 Å². The molecular weight excluding hydrogens is 452 g/mol. The van der Waals surface area contributed by atoms with Gasteiger partial charge >= 0.3 is 0 Å². The van der Waals surface area contributed by atoms with E-state index in [9.17, 15) is 14.9 Å². The first-order valence-electron chi connectivity index (χ1n) is 10.9. The highest BCUT2D eigenvalue weighted by Crippen LogP contribution is 2.31. The fourth-order valence-electron chi connectivity index (χ4n) is 3.34. The second kappa shape index (κ2) is 12.3. The van der Waals surface area contributed by atoms with E-state index in [0.717, 1.165) is 11.1 Å². The van der Waals surface area contributed by atoms with Crippen molar-refractivity contribution in [2.75, 3.05) is 32.7 Å². The van der Waals surface area contributed by atoms with Crippen molar-refractivity contribution < 1.29 is 23.9 Å². The molecule has 0 fully saturated rings. The minimum Gasteiger partial charge on any atom is -0.493 e. The van der Waals surface area contributed by atoms with Gasteiger partial charge in [0.1, 0.15) is 12.3 Å². The molecule has 0 radical (unpaired) electrons. The van der Waals surface area contributed by atoms with Gasteiger partial charge < -0.3 is 24.8 Å². The second-order valence-electron chi connectivity index (χ2n) is 7.66. The Morgan fingerprint density at radius 1 is 1.09 bits per heavy atom. The van der Waals surface area contributed by atoms with Crippen molar-refractivity contribution >= 4 is 17.3 Å². The number of amides is 1. The fourth-order valence-corrected chi connectivity index (χ4v) is 3.34. The number of hydrogen-bond acceptors (Lipinski definition) is 8. The van der Waals surface area contributed by atoms with E-state index in [2.05, 4.69) is 15.6 Å². The van der Waals surface area contributed by atoms with Gasteiger partial charge in [-0.25, -0.2) is 0 Å². The number of methoxy groups -OCH3 is 2. The number of pyridine rings is 1. The summed E-state index contributed by atoms with van der Waals surface area (Å²) >= 11 is 0. The van der Waals surface area contributed by atoms with Crippen LogP contribution >= 0.6 is 0 Å². The molecule has 0 spiro atoms. The molecule has 0 aliphatic rings. The van der Waals surface area contributed by atoms with Crippen molar-refractivity contribution in [3.8, 4) is 11.5 Å². The van der Waals surface area contributed by atoms with Crippen LogP contribution in [-0.4, -0.2) is 43.2 Å². The molecule has 10 heteroatoms. The van der Waals surface area contributed by atoms with Gasteiger partial charge in [0.25, 0.3) is 11.6 Å². The molecule has 10 nitrogen and oxygen atoms in total. The molecule has 35 heavy (non-hydrogen) atoms. The molecule has 3 rings (SSSR count). The van der Waals surface area contributed by atoms with E-state index in [0.29, 0.717) is 36.9 Å². The van der Waals surface area contributed by atoms with Crippen molar-refractivity contribution in [3.63, 3.8) is 0 Å². The highest BCUT2D eigenvalue weighted by atomic mass is 16.6. The number of carbonyl (C=O) groups excluding carboxylic acids is 1. The number of benzene rings is 2. The Morgan fingerprint density at radius 2 is 1.86 bits per heavy atom. The van der Waals surface area contributed by atoms with Crippen LogP contribution in [0.5, 0.6) is 11.5 Å². The molecule has 1 aromatic heterocycles. The summed E-state index contributed by atoms with van der Waals surface area (Å²) in [4.78, 5) is 27.8. The zero-order chi connectivity index (χ0) is 25.2. The largest absolute Gasteiger partial charge is 0.493 e. The van der Waals surface area contributed by atoms with Crippen LogP contribution in [0.1, 0.15) is 34.5 Å². The molecular formula is C25H28N4O6. The molecule has 1 unspecified atom stereocenters. The van der Waals surface area contributed by atoms with Crippen LogP contribution < -0.4 is 20.1 Å². The molecule has 3 aromatic rings. The summed E-state index contributed by atoms with van der Waals surface area (Å²) in [7, 11) is 3.09. The molecule has 1 heterocycles. The molecule has 1 amide bonds. The van der Waals surface area contributed by atoms with E-state index in [4.69, 9.17) is 14.2 Å². The molecule has 0 aliphatic carbocycles. The third kappa shape index (κ3) is 6.90. The van der Waals surface area contributed by atoms with Crippen LogP contribution in [0, 0.1) is 10.1 Å². The summed E-state index contributed by atoms with van der Waals surface area (Å²) in [6.07, 6.45) is 3.40. The molecule has 184 valence electrons. The lowest BCUT2D eigenvalue weighted by atomic mass is 10.1. The lowest BCUT2D eigenvalue weighted by Gasteiger charge is -2.17. The first-order chi connectivity index (χ1) is 16.9. The van der Waals surface area contributed by atoms with Crippen molar-refractivity contribution in [1.82, 2.24) is 10.3 Å². The Morgan fingerprint density at radius 3 is 2.54 bits per heavy atom. The van der Waals surface area contributed by atoms with Gasteiger partial charge in [-0.05, 0) is 54.4 Å². The lowest BCUT2D eigenvalue weighted by Crippen LogP contribution is -2.26. The number of anilines is 1. The lowest BCUT2D eigenvalue weighted by molar-refractivity contribution is -0.384. The monoisotopic (exact) mass is 480 g/mol. The number of carbonyl (C=O) groups is 1. The Bertz CT molecular complexity index is 1160. The first kappa shape index (κ1) is 25.4. The van der Waals surface area contributed by atoms with E-state index >= 15 is 0 Å². The molecule has 1 atom stereocenters. The number of rotatable bonds is 12. The number of nitrogens with zero attached hydrogens (tertiary/aromatic N) is 2. The molecule has 2 aromatic carbocycles. The maximum absolute atomic E-state index is 12.8. The van der Waals surface area contributed by atoms with Crippen LogP contribution in [0.2, 0.25) is 0 Å². The minimum absolute atomic E-state index is 0.182. The van der Waals surface area contributed by atoms with Crippen molar-refractivity contribution in [2.24, 2.45) is 0 Å². The smallest absolute Gasteiger partial charge is 0.293 e. The predicted molar refractivity (Wildman–Crippen MR) is 131 cm³/mol.